The van der Waals surface area contributed by atoms with Crippen molar-refractivity contribution in [3.63, 3.8) is 0 Å². The normalized spacial score (nSPS) is 11.1. The van der Waals surface area contributed by atoms with Crippen molar-refractivity contribution in [3.05, 3.63) is 17.5 Å². The molecule has 2 nitrogen and oxygen atoms in total. The van der Waals surface area contributed by atoms with Crippen LogP contribution in [0.5, 0.6) is 0 Å². The zero-order valence-corrected chi connectivity index (χ0v) is 8.93. The van der Waals surface area contributed by atoms with E-state index in [0.717, 1.165) is 12.3 Å². The first-order valence-electron chi connectivity index (χ1n) is 5.25. The third-order valence-electron chi connectivity index (χ3n) is 2.39. The van der Waals surface area contributed by atoms with E-state index in [9.17, 15) is 0 Å². The molecule has 13 heavy (non-hydrogen) atoms. The van der Waals surface area contributed by atoms with Gasteiger partial charge >= 0.3 is 0 Å². The van der Waals surface area contributed by atoms with Crippen LogP contribution in [0, 0.1) is 5.92 Å². The van der Waals surface area contributed by atoms with Crippen LogP contribution < -0.4 is 0 Å². The van der Waals surface area contributed by atoms with Crippen molar-refractivity contribution in [2.24, 2.45) is 5.92 Å². The van der Waals surface area contributed by atoms with E-state index in [2.05, 4.69) is 31.0 Å². The van der Waals surface area contributed by atoms with Gasteiger partial charge in [0, 0.05) is 5.69 Å². The van der Waals surface area contributed by atoms with E-state index in [4.69, 9.17) is 0 Å². The van der Waals surface area contributed by atoms with Crippen molar-refractivity contribution in [1.82, 2.24) is 10.2 Å². The van der Waals surface area contributed by atoms with E-state index in [1.807, 2.05) is 6.20 Å². The van der Waals surface area contributed by atoms with Crippen LogP contribution in [0.1, 0.15) is 44.9 Å². The molecule has 0 saturated carbocycles. The Morgan fingerprint density at radius 1 is 1.46 bits per heavy atom. The van der Waals surface area contributed by atoms with Crippen LogP contribution in [0.15, 0.2) is 6.20 Å². The Kier molecular flexibility index (Phi) is 4.00. The van der Waals surface area contributed by atoms with Crippen molar-refractivity contribution >= 4 is 0 Å². The largest absolute Gasteiger partial charge is 0.282 e. The summed E-state index contributed by atoms with van der Waals surface area (Å²) < 4.78 is 0. The molecule has 2 heteroatoms. The second-order valence-corrected chi connectivity index (χ2v) is 4.01. The predicted octanol–water partition coefficient (Wildman–Crippen LogP) is 2.95. The fourth-order valence-electron chi connectivity index (χ4n) is 1.56. The third kappa shape index (κ3) is 3.21. The van der Waals surface area contributed by atoms with Crippen LogP contribution in [0.2, 0.25) is 0 Å². The maximum atomic E-state index is 4.07. The van der Waals surface area contributed by atoms with Crippen LogP contribution in [0.3, 0.4) is 0 Å². The topological polar surface area (TPSA) is 28.7 Å². The predicted molar refractivity (Wildman–Crippen MR) is 55.7 cm³/mol. The van der Waals surface area contributed by atoms with Gasteiger partial charge in [0.1, 0.15) is 0 Å². The fourth-order valence-corrected chi connectivity index (χ4v) is 1.56. The lowest BCUT2D eigenvalue weighted by Crippen LogP contribution is -1.93. The molecule has 0 aliphatic heterocycles. The number of rotatable bonds is 5. The van der Waals surface area contributed by atoms with Crippen LogP contribution in [0.25, 0.3) is 0 Å². The molecule has 1 aromatic rings. The number of hydrogen-bond donors (Lipinski definition) is 1. The van der Waals surface area contributed by atoms with Crippen molar-refractivity contribution < 1.29 is 0 Å². The van der Waals surface area contributed by atoms with Crippen molar-refractivity contribution in [3.8, 4) is 0 Å². The summed E-state index contributed by atoms with van der Waals surface area (Å²) in [4.78, 5) is 0. The van der Waals surface area contributed by atoms with Gasteiger partial charge < -0.3 is 0 Å². The lowest BCUT2D eigenvalue weighted by Gasteiger charge is -2.03. The van der Waals surface area contributed by atoms with Crippen molar-refractivity contribution in [2.45, 2.75) is 46.5 Å². The summed E-state index contributed by atoms with van der Waals surface area (Å²) in [6.45, 7) is 6.71. The van der Waals surface area contributed by atoms with E-state index in [0.29, 0.717) is 0 Å². The minimum Gasteiger partial charge on any atom is -0.282 e. The molecule has 0 amide bonds. The number of nitrogens with zero attached hydrogens (tertiary/aromatic N) is 1. The molecule has 1 N–H and O–H groups in total. The Hall–Kier alpha value is -0.790. The van der Waals surface area contributed by atoms with Gasteiger partial charge in [-0.05, 0) is 30.7 Å². The maximum absolute atomic E-state index is 4.07. The average molecular weight is 180 g/mol. The highest BCUT2D eigenvalue weighted by atomic mass is 15.1. The average Bonchev–Trinajstić information content (AvgIpc) is 2.51. The summed E-state index contributed by atoms with van der Waals surface area (Å²) in [6.07, 6.45) is 6.81. The maximum Gasteiger partial charge on any atom is 0.0522 e. The molecular weight excluding hydrogens is 160 g/mol. The Morgan fingerprint density at radius 3 is 2.85 bits per heavy atom. The second kappa shape index (κ2) is 5.05. The molecule has 0 bridgehead atoms. The molecule has 1 rings (SSSR count). The molecule has 74 valence electrons. The molecule has 1 aromatic heterocycles. The molecule has 0 saturated heterocycles. The van der Waals surface area contributed by atoms with E-state index in [-0.39, 0.29) is 0 Å². The Labute approximate surface area is 80.7 Å². The number of aryl methyl sites for hydroxylation is 2. The van der Waals surface area contributed by atoms with Crippen LogP contribution >= 0.6 is 0 Å². The molecule has 0 aliphatic carbocycles. The van der Waals surface area contributed by atoms with Gasteiger partial charge in [0.05, 0.1) is 6.20 Å². The highest BCUT2D eigenvalue weighted by molar-refractivity contribution is 5.15. The van der Waals surface area contributed by atoms with Gasteiger partial charge in [0.25, 0.3) is 0 Å². The molecule has 0 spiro atoms. The minimum absolute atomic E-state index is 0.817. The first kappa shape index (κ1) is 10.3. The number of aromatic amines is 1. The third-order valence-corrected chi connectivity index (χ3v) is 2.39. The Bertz CT molecular complexity index is 238. The summed E-state index contributed by atoms with van der Waals surface area (Å²) >= 11 is 0. The quantitative estimate of drug-likeness (QED) is 0.741. The molecule has 0 aromatic carbocycles. The van der Waals surface area contributed by atoms with E-state index < -0.39 is 0 Å². The number of H-pyrrole nitrogens is 1. The van der Waals surface area contributed by atoms with Crippen molar-refractivity contribution in [1.29, 1.82) is 0 Å². The summed E-state index contributed by atoms with van der Waals surface area (Å²) in [5.41, 5.74) is 2.71. The molecule has 0 atom stereocenters. The summed E-state index contributed by atoms with van der Waals surface area (Å²) in [7, 11) is 0. The minimum atomic E-state index is 0.817. The first-order chi connectivity index (χ1) is 6.24. The van der Waals surface area contributed by atoms with Gasteiger partial charge in [0.15, 0.2) is 0 Å². The Morgan fingerprint density at radius 2 is 2.23 bits per heavy atom. The molecular formula is C11H20N2. The lowest BCUT2D eigenvalue weighted by molar-refractivity contribution is 0.555. The number of aromatic nitrogens is 2. The highest BCUT2D eigenvalue weighted by Crippen LogP contribution is 2.12. The summed E-state index contributed by atoms with van der Waals surface area (Å²) in [6, 6.07) is 0. The number of nitrogens with one attached hydrogen (secondary N) is 1. The standard InChI is InChI=1S/C11H20N2/c1-4-11-10(8-12-13-11)7-5-6-9(2)3/h8-9H,4-7H2,1-3H3,(H,12,13). The number of hydrogen-bond acceptors (Lipinski definition) is 1. The highest BCUT2D eigenvalue weighted by Gasteiger charge is 2.02. The molecule has 0 aliphatic rings. The first-order valence-corrected chi connectivity index (χ1v) is 5.25. The zero-order valence-electron chi connectivity index (χ0n) is 8.93. The van der Waals surface area contributed by atoms with Gasteiger partial charge in [-0.25, -0.2) is 0 Å². The van der Waals surface area contributed by atoms with Gasteiger partial charge in [0.2, 0.25) is 0 Å². The fraction of sp³-hybridized carbons (Fsp3) is 0.727. The van der Waals surface area contributed by atoms with Crippen LogP contribution in [0.4, 0.5) is 0 Å². The molecule has 1 heterocycles. The van der Waals surface area contributed by atoms with Crippen LogP contribution in [-0.2, 0) is 12.8 Å². The molecule has 0 unspecified atom stereocenters. The zero-order chi connectivity index (χ0) is 9.68. The SMILES string of the molecule is CCc1[nH]ncc1CCCC(C)C. The van der Waals surface area contributed by atoms with E-state index >= 15 is 0 Å². The molecule has 0 fully saturated rings. The molecule has 0 radical (unpaired) electrons. The van der Waals surface area contributed by atoms with Gasteiger partial charge in [-0.2, -0.15) is 5.10 Å². The second-order valence-electron chi connectivity index (χ2n) is 4.01. The Balaban J connectivity index is 2.36. The van der Waals surface area contributed by atoms with Gasteiger partial charge in [-0.15, -0.1) is 0 Å². The lowest BCUT2D eigenvalue weighted by atomic mass is 10.0. The van der Waals surface area contributed by atoms with Crippen molar-refractivity contribution in [2.75, 3.05) is 0 Å². The van der Waals surface area contributed by atoms with E-state index in [1.54, 1.807) is 0 Å². The monoisotopic (exact) mass is 180 g/mol. The summed E-state index contributed by atoms with van der Waals surface area (Å²) in [5, 5.41) is 7.11. The van der Waals surface area contributed by atoms with Crippen LogP contribution in [-0.4, -0.2) is 10.2 Å². The smallest absolute Gasteiger partial charge is 0.0522 e. The van der Waals surface area contributed by atoms with Gasteiger partial charge in [-0.1, -0.05) is 27.2 Å². The summed E-state index contributed by atoms with van der Waals surface area (Å²) in [5.74, 6) is 0.817. The van der Waals surface area contributed by atoms with E-state index in [1.165, 1.54) is 30.5 Å². The van der Waals surface area contributed by atoms with Gasteiger partial charge in [-0.3, -0.25) is 5.10 Å².